The van der Waals surface area contributed by atoms with Crippen LogP contribution in [0.4, 0.5) is 8.78 Å². The Morgan fingerprint density at radius 1 is 0.941 bits per heavy atom. The highest BCUT2D eigenvalue weighted by Gasteiger charge is 2.22. The van der Waals surface area contributed by atoms with Gasteiger partial charge in [0.25, 0.3) is 0 Å². The van der Waals surface area contributed by atoms with E-state index in [-0.39, 0.29) is 29.6 Å². The van der Waals surface area contributed by atoms with Gasteiger partial charge in [0.05, 0.1) is 17.1 Å². The van der Waals surface area contributed by atoms with Gasteiger partial charge in [-0.15, -0.1) is 0 Å². The summed E-state index contributed by atoms with van der Waals surface area (Å²) in [6, 6.07) is 15.7. The van der Waals surface area contributed by atoms with Crippen LogP contribution < -0.4 is 4.74 Å². The zero-order chi connectivity index (χ0) is 24.3. The van der Waals surface area contributed by atoms with Gasteiger partial charge in [0, 0.05) is 36.7 Å². The van der Waals surface area contributed by atoms with E-state index < -0.39 is 11.6 Å². The molecule has 0 atom stereocenters. The zero-order valence-corrected chi connectivity index (χ0v) is 19.3. The highest BCUT2D eigenvalue weighted by molar-refractivity contribution is 5.83. The monoisotopic (exact) mass is 461 g/mol. The van der Waals surface area contributed by atoms with E-state index in [1.54, 1.807) is 53.5 Å². The molecule has 4 aromatic rings. The summed E-state index contributed by atoms with van der Waals surface area (Å²) in [6.45, 7) is 6.05. The predicted molar refractivity (Wildman–Crippen MR) is 125 cm³/mol. The highest BCUT2D eigenvalue weighted by Crippen LogP contribution is 2.26. The molecule has 2 heterocycles. The number of hydrogen-bond acceptors (Lipinski definition) is 4. The number of benzene rings is 2. The summed E-state index contributed by atoms with van der Waals surface area (Å²) < 4.78 is 35.7. The molecule has 4 rings (SSSR count). The number of ether oxygens (including phenoxy) is 1. The molecule has 2 aromatic heterocycles. The van der Waals surface area contributed by atoms with Gasteiger partial charge in [-0.25, -0.2) is 13.5 Å². The van der Waals surface area contributed by atoms with Gasteiger partial charge in [-0.1, -0.05) is 32.9 Å². The van der Waals surface area contributed by atoms with Crippen molar-refractivity contribution in [2.45, 2.75) is 39.0 Å². The first-order valence-corrected chi connectivity index (χ1v) is 10.9. The van der Waals surface area contributed by atoms with Crippen LogP contribution in [0.3, 0.4) is 0 Å². The van der Waals surface area contributed by atoms with Gasteiger partial charge in [0.1, 0.15) is 28.9 Å². The third kappa shape index (κ3) is 5.54. The average Bonchev–Trinajstić information content (AvgIpc) is 3.21. The van der Waals surface area contributed by atoms with Crippen LogP contribution in [0.2, 0.25) is 0 Å². The summed E-state index contributed by atoms with van der Waals surface area (Å²) in [5.41, 5.74) is 1.96. The maximum atomic E-state index is 14.7. The number of halogens is 2. The second-order valence-corrected chi connectivity index (χ2v) is 9.09. The molecular formula is C27H25F2N3O2. The number of carbonyl (C=O) groups excluding carboxylic acids is 1. The van der Waals surface area contributed by atoms with Crippen molar-refractivity contribution in [1.82, 2.24) is 14.8 Å². The van der Waals surface area contributed by atoms with Crippen molar-refractivity contribution in [2.75, 3.05) is 0 Å². The van der Waals surface area contributed by atoms with Gasteiger partial charge in [0.2, 0.25) is 0 Å². The van der Waals surface area contributed by atoms with E-state index in [1.807, 2.05) is 26.8 Å². The average molecular weight is 462 g/mol. The van der Waals surface area contributed by atoms with Gasteiger partial charge in [0.15, 0.2) is 0 Å². The maximum absolute atomic E-state index is 14.7. The van der Waals surface area contributed by atoms with Crippen LogP contribution in [0.25, 0.3) is 5.69 Å². The zero-order valence-electron chi connectivity index (χ0n) is 19.3. The fourth-order valence-corrected chi connectivity index (χ4v) is 3.50. The van der Waals surface area contributed by atoms with E-state index in [9.17, 15) is 13.6 Å². The SMILES string of the molecule is CC(C)(C)c1cc(CC(=O)Cc2ccc(Oc3ccncc3)cc2F)n(-c2cccc(F)c2)n1. The van der Waals surface area contributed by atoms with Gasteiger partial charge in [-0.2, -0.15) is 5.10 Å². The van der Waals surface area contributed by atoms with Crippen molar-refractivity contribution in [2.24, 2.45) is 0 Å². The number of rotatable bonds is 7. The molecule has 34 heavy (non-hydrogen) atoms. The molecule has 0 aliphatic carbocycles. The molecule has 0 bridgehead atoms. The van der Waals surface area contributed by atoms with Crippen LogP contribution in [0, 0.1) is 11.6 Å². The van der Waals surface area contributed by atoms with E-state index in [0.717, 1.165) is 5.69 Å². The van der Waals surface area contributed by atoms with E-state index in [1.165, 1.54) is 18.2 Å². The lowest BCUT2D eigenvalue weighted by atomic mass is 9.92. The Kier molecular flexibility index (Phi) is 6.54. The molecule has 0 aliphatic heterocycles. The number of nitrogens with zero attached hydrogens (tertiary/aromatic N) is 3. The molecule has 7 heteroatoms. The summed E-state index contributed by atoms with van der Waals surface area (Å²) in [6.07, 6.45) is 3.12. The minimum Gasteiger partial charge on any atom is -0.457 e. The Balaban J connectivity index is 1.53. The van der Waals surface area contributed by atoms with Gasteiger partial charge >= 0.3 is 0 Å². The third-order valence-electron chi connectivity index (χ3n) is 5.28. The van der Waals surface area contributed by atoms with Crippen molar-refractivity contribution in [3.8, 4) is 17.2 Å². The molecule has 0 unspecified atom stereocenters. The lowest BCUT2D eigenvalue weighted by Gasteiger charge is -2.14. The van der Waals surface area contributed by atoms with Crippen LogP contribution in [0.5, 0.6) is 11.5 Å². The summed E-state index contributed by atoms with van der Waals surface area (Å²) in [5, 5.41) is 4.62. The van der Waals surface area contributed by atoms with Crippen LogP contribution >= 0.6 is 0 Å². The molecule has 2 aromatic carbocycles. The van der Waals surface area contributed by atoms with Gasteiger partial charge in [-0.3, -0.25) is 9.78 Å². The second-order valence-electron chi connectivity index (χ2n) is 9.09. The number of carbonyl (C=O) groups is 1. The largest absolute Gasteiger partial charge is 0.457 e. The Labute approximate surface area is 197 Å². The smallest absolute Gasteiger partial charge is 0.143 e. The molecule has 0 saturated heterocycles. The fourth-order valence-electron chi connectivity index (χ4n) is 3.50. The van der Waals surface area contributed by atoms with E-state index in [0.29, 0.717) is 22.9 Å². The lowest BCUT2D eigenvalue weighted by molar-refractivity contribution is -0.117. The first-order chi connectivity index (χ1) is 16.2. The summed E-state index contributed by atoms with van der Waals surface area (Å²) in [5.74, 6) is -0.218. The molecule has 0 radical (unpaired) electrons. The number of Topliss-reactive ketones (excluding diaryl/α,β-unsaturated/α-hetero) is 1. The Morgan fingerprint density at radius 3 is 2.38 bits per heavy atom. The summed E-state index contributed by atoms with van der Waals surface area (Å²) >= 11 is 0. The minimum atomic E-state index is -0.520. The van der Waals surface area contributed by atoms with Crippen molar-refractivity contribution in [1.29, 1.82) is 0 Å². The standard InChI is InChI=1S/C27H25F2N3O2/c1-27(2,3)26-16-21(32(31-26)20-6-4-5-19(28)14-20)15-22(33)13-18-7-8-24(17-25(18)29)34-23-9-11-30-12-10-23/h4-12,14,16-17H,13,15H2,1-3H3. The van der Waals surface area contributed by atoms with E-state index >= 15 is 0 Å². The summed E-state index contributed by atoms with van der Waals surface area (Å²) in [7, 11) is 0. The lowest BCUT2D eigenvalue weighted by Crippen LogP contribution is -2.13. The van der Waals surface area contributed by atoms with E-state index in [2.05, 4.69) is 10.1 Å². The van der Waals surface area contributed by atoms with Gasteiger partial charge < -0.3 is 4.74 Å². The molecule has 0 saturated carbocycles. The number of ketones is 1. The maximum Gasteiger partial charge on any atom is 0.143 e. The Morgan fingerprint density at radius 2 is 1.71 bits per heavy atom. The second kappa shape index (κ2) is 9.55. The predicted octanol–water partition coefficient (Wildman–Crippen LogP) is 5.99. The first kappa shape index (κ1) is 23.3. The van der Waals surface area contributed by atoms with Crippen molar-refractivity contribution in [3.05, 3.63) is 102 Å². The van der Waals surface area contributed by atoms with Crippen LogP contribution in [-0.2, 0) is 23.1 Å². The quantitative estimate of drug-likeness (QED) is 0.339. The highest BCUT2D eigenvalue weighted by atomic mass is 19.1. The molecule has 0 fully saturated rings. The molecule has 5 nitrogen and oxygen atoms in total. The van der Waals surface area contributed by atoms with E-state index in [4.69, 9.17) is 4.74 Å². The summed E-state index contributed by atoms with van der Waals surface area (Å²) in [4.78, 5) is 16.8. The number of hydrogen-bond donors (Lipinski definition) is 0. The molecule has 0 N–H and O–H groups in total. The van der Waals surface area contributed by atoms with Crippen LogP contribution in [0.15, 0.2) is 73.1 Å². The third-order valence-corrected chi connectivity index (χ3v) is 5.28. The van der Waals surface area contributed by atoms with Crippen LogP contribution in [-0.4, -0.2) is 20.5 Å². The topological polar surface area (TPSA) is 57.0 Å². The Hall–Kier alpha value is -3.87. The molecule has 0 aliphatic rings. The molecule has 0 amide bonds. The van der Waals surface area contributed by atoms with Crippen LogP contribution in [0.1, 0.15) is 37.7 Å². The Bertz CT molecular complexity index is 1310. The fraction of sp³-hybridized carbons (Fsp3) is 0.222. The molecule has 174 valence electrons. The van der Waals surface area contributed by atoms with Crippen molar-refractivity contribution < 1.29 is 18.3 Å². The normalized spacial score (nSPS) is 11.4. The van der Waals surface area contributed by atoms with Crippen molar-refractivity contribution >= 4 is 5.78 Å². The van der Waals surface area contributed by atoms with Crippen molar-refractivity contribution in [3.63, 3.8) is 0 Å². The minimum absolute atomic E-state index is 0.0360. The first-order valence-electron chi connectivity index (χ1n) is 10.9. The number of aromatic nitrogens is 3. The molecular weight excluding hydrogens is 436 g/mol. The van der Waals surface area contributed by atoms with Gasteiger partial charge in [-0.05, 0) is 48.0 Å². The number of pyridine rings is 1. The molecule has 0 spiro atoms.